The Balaban J connectivity index is 2.30. The van der Waals surface area contributed by atoms with Gasteiger partial charge < -0.3 is 10.2 Å². The lowest BCUT2D eigenvalue weighted by Gasteiger charge is -2.23. The van der Waals surface area contributed by atoms with Crippen molar-refractivity contribution in [2.75, 3.05) is 18.5 Å². The summed E-state index contributed by atoms with van der Waals surface area (Å²) in [6.07, 6.45) is 1.87. The van der Waals surface area contributed by atoms with Gasteiger partial charge in [0.15, 0.2) is 0 Å². The highest BCUT2D eigenvalue weighted by Crippen LogP contribution is 2.24. The molecule has 0 bridgehead atoms. The van der Waals surface area contributed by atoms with E-state index in [-0.39, 0.29) is 0 Å². The highest BCUT2D eigenvalue weighted by molar-refractivity contribution is 5.62. The summed E-state index contributed by atoms with van der Waals surface area (Å²) in [5.74, 6) is 0. The number of pyridine rings is 1. The van der Waals surface area contributed by atoms with Crippen LogP contribution in [0, 0.1) is 0 Å². The van der Waals surface area contributed by atoms with Crippen LogP contribution in [0.5, 0.6) is 0 Å². The van der Waals surface area contributed by atoms with Crippen LogP contribution in [-0.2, 0) is 6.54 Å². The summed E-state index contributed by atoms with van der Waals surface area (Å²) in [5.41, 5.74) is 3.45. The quantitative estimate of drug-likeness (QED) is 0.872. The third kappa shape index (κ3) is 2.87. The van der Waals surface area contributed by atoms with Crippen LogP contribution in [0.2, 0.25) is 0 Å². The van der Waals surface area contributed by atoms with Crippen molar-refractivity contribution in [1.82, 2.24) is 10.3 Å². The minimum Gasteiger partial charge on any atom is -0.342 e. The minimum atomic E-state index is 0.792. The number of hydrogen-bond donors (Lipinski definition) is 1. The first kappa shape index (κ1) is 12.6. The van der Waals surface area contributed by atoms with Crippen molar-refractivity contribution in [3.63, 3.8) is 0 Å². The molecule has 0 unspecified atom stereocenters. The minimum absolute atomic E-state index is 0.792. The predicted molar refractivity (Wildman–Crippen MR) is 76.1 cm³/mol. The average molecular weight is 241 g/mol. The van der Waals surface area contributed by atoms with Crippen LogP contribution in [0.3, 0.4) is 0 Å². The van der Waals surface area contributed by atoms with E-state index in [1.807, 2.05) is 19.3 Å². The summed E-state index contributed by atoms with van der Waals surface area (Å²) in [6, 6.07) is 14.6. The molecule has 0 radical (unpaired) electrons. The van der Waals surface area contributed by atoms with Crippen molar-refractivity contribution in [2.45, 2.75) is 13.5 Å². The van der Waals surface area contributed by atoms with Crippen LogP contribution in [0.1, 0.15) is 12.6 Å². The largest absolute Gasteiger partial charge is 0.342 e. The lowest BCUT2D eigenvalue weighted by Crippen LogP contribution is -2.16. The van der Waals surface area contributed by atoms with Crippen LogP contribution in [0.4, 0.5) is 11.4 Å². The molecule has 18 heavy (non-hydrogen) atoms. The molecule has 1 N–H and O–H groups in total. The van der Waals surface area contributed by atoms with Gasteiger partial charge in [0, 0.05) is 30.7 Å². The summed E-state index contributed by atoms with van der Waals surface area (Å²) in [5, 5.41) is 3.13. The number of rotatable bonds is 5. The van der Waals surface area contributed by atoms with Crippen LogP contribution < -0.4 is 10.2 Å². The summed E-state index contributed by atoms with van der Waals surface area (Å²) in [4.78, 5) is 6.63. The molecule has 1 aromatic carbocycles. The molecule has 0 saturated carbocycles. The number of aromatic nitrogens is 1. The summed E-state index contributed by atoms with van der Waals surface area (Å²) in [6.45, 7) is 3.89. The van der Waals surface area contributed by atoms with E-state index in [9.17, 15) is 0 Å². The Morgan fingerprint density at radius 3 is 2.56 bits per heavy atom. The zero-order valence-corrected chi connectivity index (χ0v) is 10.9. The smallest absolute Gasteiger partial charge is 0.0562 e. The van der Waals surface area contributed by atoms with E-state index >= 15 is 0 Å². The molecular formula is C15H19N3. The third-order valence-corrected chi connectivity index (χ3v) is 2.85. The van der Waals surface area contributed by atoms with Crippen LogP contribution in [0.25, 0.3) is 0 Å². The Kier molecular flexibility index (Phi) is 4.31. The van der Waals surface area contributed by atoms with E-state index in [1.54, 1.807) is 0 Å². The van der Waals surface area contributed by atoms with Gasteiger partial charge in [-0.25, -0.2) is 0 Å². The Labute approximate surface area is 108 Å². The number of para-hydroxylation sites is 1. The second-order valence-corrected chi connectivity index (χ2v) is 4.12. The van der Waals surface area contributed by atoms with Crippen molar-refractivity contribution in [1.29, 1.82) is 0 Å². The molecule has 1 aromatic heterocycles. The molecule has 3 nitrogen and oxygen atoms in total. The van der Waals surface area contributed by atoms with Gasteiger partial charge in [0.2, 0.25) is 0 Å². The fourth-order valence-electron chi connectivity index (χ4n) is 2.03. The maximum absolute atomic E-state index is 4.35. The van der Waals surface area contributed by atoms with Gasteiger partial charge in [0.1, 0.15) is 0 Å². The molecule has 2 aromatic rings. The maximum Gasteiger partial charge on any atom is 0.0562 e. The van der Waals surface area contributed by atoms with Gasteiger partial charge in [-0.2, -0.15) is 0 Å². The Hall–Kier alpha value is -1.87. The molecule has 2 rings (SSSR count). The number of nitrogens with one attached hydrogen (secondary N) is 1. The van der Waals surface area contributed by atoms with E-state index in [1.165, 1.54) is 11.4 Å². The second kappa shape index (κ2) is 6.17. The van der Waals surface area contributed by atoms with Crippen molar-refractivity contribution in [2.24, 2.45) is 0 Å². The van der Waals surface area contributed by atoms with Gasteiger partial charge in [-0.15, -0.1) is 0 Å². The Morgan fingerprint density at radius 1 is 1.11 bits per heavy atom. The summed E-state index contributed by atoms with van der Waals surface area (Å²) < 4.78 is 0. The Morgan fingerprint density at radius 2 is 1.89 bits per heavy atom. The van der Waals surface area contributed by atoms with E-state index in [2.05, 4.69) is 58.5 Å². The highest BCUT2D eigenvalue weighted by Gasteiger charge is 2.07. The molecule has 0 amide bonds. The molecule has 0 spiro atoms. The molecule has 0 fully saturated rings. The van der Waals surface area contributed by atoms with Crippen LogP contribution >= 0.6 is 0 Å². The molecule has 0 aliphatic heterocycles. The van der Waals surface area contributed by atoms with Crippen LogP contribution in [-0.4, -0.2) is 18.6 Å². The zero-order valence-electron chi connectivity index (χ0n) is 10.9. The summed E-state index contributed by atoms with van der Waals surface area (Å²) in [7, 11) is 1.93. The molecule has 1 heterocycles. The van der Waals surface area contributed by atoms with Crippen molar-refractivity contribution < 1.29 is 0 Å². The lowest BCUT2D eigenvalue weighted by molar-refractivity contribution is 0.790. The fourth-order valence-corrected chi connectivity index (χ4v) is 2.03. The normalized spacial score (nSPS) is 10.3. The third-order valence-electron chi connectivity index (χ3n) is 2.85. The first-order valence-electron chi connectivity index (χ1n) is 6.27. The van der Waals surface area contributed by atoms with E-state index in [0.29, 0.717) is 0 Å². The molecule has 0 atom stereocenters. The average Bonchev–Trinajstić information content (AvgIpc) is 2.42. The maximum atomic E-state index is 4.35. The predicted octanol–water partition coefficient (Wildman–Crippen LogP) is 2.96. The van der Waals surface area contributed by atoms with Gasteiger partial charge >= 0.3 is 0 Å². The molecule has 0 aliphatic rings. The molecule has 94 valence electrons. The second-order valence-electron chi connectivity index (χ2n) is 4.12. The van der Waals surface area contributed by atoms with Gasteiger partial charge in [0.25, 0.3) is 0 Å². The fraction of sp³-hybridized carbons (Fsp3) is 0.267. The number of hydrogen-bond acceptors (Lipinski definition) is 3. The van der Waals surface area contributed by atoms with Gasteiger partial charge in [-0.05, 0) is 38.2 Å². The molecule has 0 aliphatic carbocycles. The first-order valence-corrected chi connectivity index (χ1v) is 6.27. The van der Waals surface area contributed by atoms with Crippen molar-refractivity contribution in [3.8, 4) is 0 Å². The molecule has 0 saturated heterocycles. The number of anilines is 2. The zero-order chi connectivity index (χ0) is 12.8. The summed E-state index contributed by atoms with van der Waals surface area (Å²) >= 11 is 0. The van der Waals surface area contributed by atoms with E-state index < -0.39 is 0 Å². The number of benzene rings is 1. The highest BCUT2D eigenvalue weighted by atomic mass is 15.1. The topological polar surface area (TPSA) is 28.2 Å². The van der Waals surface area contributed by atoms with E-state index in [0.717, 1.165) is 18.8 Å². The SMILES string of the molecule is CCN(c1ccccc1)c1ccnc(CNC)c1. The van der Waals surface area contributed by atoms with Crippen molar-refractivity contribution in [3.05, 3.63) is 54.4 Å². The van der Waals surface area contributed by atoms with Crippen LogP contribution in [0.15, 0.2) is 48.7 Å². The number of nitrogens with zero attached hydrogens (tertiary/aromatic N) is 2. The standard InChI is InChI=1S/C15H19N3/c1-3-18(14-7-5-4-6-8-14)15-9-10-17-13(11-15)12-16-2/h4-11,16H,3,12H2,1-2H3. The molecule has 3 heteroatoms. The van der Waals surface area contributed by atoms with Gasteiger partial charge in [-0.3, -0.25) is 4.98 Å². The Bertz CT molecular complexity index is 482. The first-order chi connectivity index (χ1) is 8.85. The monoisotopic (exact) mass is 241 g/mol. The van der Waals surface area contributed by atoms with Crippen molar-refractivity contribution >= 4 is 11.4 Å². The van der Waals surface area contributed by atoms with E-state index in [4.69, 9.17) is 0 Å². The molecular weight excluding hydrogens is 222 g/mol. The van der Waals surface area contributed by atoms with Gasteiger partial charge in [0.05, 0.1) is 5.69 Å². The lowest BCUT2D eigenvalue weighted by atomic mass is 10.2. The van der Waals surface area contributed by atoms with Gasteiger partial charge in [-0.1, -0.05) is 18.2 Å².